The second-order valence-electron chi connectivity index (χ2n) is 2.18. The minimum Gasteiger partial charge on any atom is -0.238 e. The molecule has 0 aliphatic rings. The molecule has 0 saturated heterocycles. The fourth-order valence-corrected chi connectivity index (χ4v) is 1.51. The zero-order valence-corrected chi connectivity index (χ0v) is 7.80. The average molecular weight is 231 g/mol. The number of nitrogens with zero attached hydrogens (tertiary/aromatic N) is 2. The van der Waals surface area contributed by atoms with Gasteiger partial charge in [-0.05, 0) is 34.1 Å². The maximum Gasteiger partial charge on any atom is 0.150 e. The van der Waals surface area contributed by atoms with Crippen LogP contribution in [0.25, 0.3) is 5.52 Å². The van der Waals surface area contributed by atoms with Crippen molar-refractivity contribution in [1.82, 2.24) is 9.61 Å². The number of halogens is 2. The second-order valence-corrected chi connectivity index (χ2v) is 3.49. The highest BCUT2D eigenvalue weighted by Gasteiger charge is 1.96. The van der Waals surface area contributed by atoms with Gasteiger partial charge in [-0.15, -0.1) is 0 Å². The second kappa shape index (κ2) is 2.50. The zero-order valence-electron chi connectivity index (χ0n) is 5.46. The van der Waals surface area contributed by atoms with E-state index in [1.54, 1.807) is 10.6 Å². The highest BCUT2D eigenvalue weighted by Crippen LogP contribution is 2.15. The summed E-state index contributed by atoms with van der Waals surface area (Å²) in [6.07, 6.45) is 1.86. The van der Waals surface area contributed by atoms with Crippen LogP contribution in [0.1, 0.15) is 0 Å². The minimum absolute atomic E-state index is 0.501. The third-order valence-corrected chi connectivity index (χ3v) is 2.03. The Morgan fingerprint density at radius 1 is 1.45 bits per heavy atom. The van der Waals surface area contributed by atoms with E-state index < -0.39 is 0 Å². The normalized spacial score (nSPS) is 10.7. The number of hydrogen-bond acceptors (Lipinski definition) is 1. The Balaban J connectivity index is 2.82. The Labute approximate surface area is 76.9 Å². The van der Waals surface area contributed by atoms with Crippen LogP contribution in [0.5, 0.6) is 0 Å². The van der Waals surface area contributed by atoms with Crippen molar-refractivity contribution in [2.75, 3.05) is 0 Å². The molecule has 0 fully saturated rings. The summed E-state index contributed by atoms with van der Waals surface area (Å²) < 4.78 is 2.74. The fourth-order valence-electron chi connectivity index (χ4n) is 0.938. The lowest BCUT2D eigenvalue weighted by Gasteiger charge is -1.91. The molecule has 0 aromatic carbocycles. The van der Waals surface area contributed by atoms with Crippen molar-refractivity contribution in [2.24, 2.45) is 0 Å². The predicted octanol–water partition coefficient (Wildman–Crippen LogP) is 2.75. The van der Waals surface area contributed by atoms with Crippen LogP contribution in [-0.4, -0.2) is 9.61 Å². The molecule has 0 aliphatic heterocycles. The summed E-state index contributed by atoms with van der Waals surface area (Å²) in [4.78, 5) is 0. The monoisotopic (exact) mass is 230 g/mol. The highest BCUT2D eigenvalue weighted by atomic mass is 79.9. The Hall–Kier alpha value is -0.540. The molecule has 2 nitrogen and oxygen atoms in total. The van der Waals surface area contributed by atoms with E-state index in [0.717, 1.165) is 9.99 Å². The maximum absolute atomic E-state index is 5.68. The number of rotatable bonds is 0. The summed E-state index contributed by atoms with van der Waals surface area (Å²) in [7, 11) is 0. The molecule has 0 radical (unpaired) electrons. The largest absolute Gasteiger partial charge is 0.238 e. The minimum atomic E-state index is 0.501. The van der Waals surface area contributed by atoms with E-state index in [2.05, 4.69) is 21.0 Å². The van der Waals surface area contributed by atoms with Crippen LogP contribution in [0.15, 0.2) is 28.9 Å². The fraction of sp³-hybridized carbons (Fsp3) is 0. The Morgan fingerprint density at radius 3 is 3.09 bits per heavy atom. The van der Waals surface area contributed by atoms with Gasteiger partial charge in [0.1, 0.15) is 5.15 Å². The summed E-state index contributed by atoms with van der Waals surface area (Å²) in [5.74, 6) is 0. The first kappa shape index (κ1) is 7.13. The molecular formula is C7H4BrClN2. The van der Waals surface area contributed by atoms with Gasteiger partial charge in [-0.25, -0.2) is 4.52 Å². The van der Waals surface area contributed by atoms with Crippen LogP contribution in [0, 0.1) is 0 Å². The Bertz CT molecular complexity index is 396. The first-order valence-electron chi connectivity index (χ1n) is 3.06. The van der Waals surface area contributed by atoms with Crippen molar-refractivity contribution in [3.8, 4) is 0 Å². The van der Waals surface area contributed by atoms with Crippen molar-refractivity contribution >= 4 is 33.0 Å². The summed E-state index contributed by atoms with van der Waals surface area (Å²) in [5.41, 5.74) is 1.03. The maximum atomic E-state index is 5.68. The van der Waals surface area contributed by atoms with Gasteiger partial charge in [0.05, 0.1) is 5.52 Å². The molecule has 11 heavy (non-hydrogen) atoms. The van der Waals surface area contributed by atoms with Crippen LogP contribution >= 0.6 is 27.5 Å². The molecule has 2 aromatic rings. The molecule has 4 heteroatoms. The molecule has 56 valence electrons. The van der Waals surface area contributed by atoms with Gasteiger partial charge in [-0.1, -0.05) is 11.6 Å². The van der Waals surface area contributed by atoms with Crippen molar-refractivity contribution in [3.05, 3.63) is 34.0 Å². The first-order valence-corrected chi connectivity index (χ1v) is 4.23. The van der Waals surface area contributed by atoms with Gasteiger partial charge in [0.15, 0.2) is 0 Å². The zero-order chi connectivity index (χ0) is 7.84. The van der Waals surface area contributed by atoms with Crippen molar-refractivity contribution in [2.45, 2.75) is 0 Å². The molecule has 0 unspecified atom stereocenters. The first-order chi connectivity index (χ1) is 5.25. The number of hydrogen-bond donors (Lipinski definition) is 0. The Kier molecular flexibility index (Phi) is 1.62. The molecule has 2 aromatic heterocycles. The van der Waals surface area contributed by atoms with Gasteiger partial charge in [0.2, 0.25) is 0 Å². The SMILES string of the molecule is Clc1ccc2cc(Br)cn2n1. The van der Waals surface area contributed by atoms with Crippen LogP contribution in [0.3, 0.4) is 0 Å². The Morgan fingerprint density at radius 2 is 2.27 bits per heavy atom. The number of fused-ring (bicyclic) bond motifs is 1. The topological polar surface area (TPSA) is 17.3 Å². The summed E-state index contributed by atoms with van der Waals surface area (Å²) in [5, 5.41) is 4.55. The van der Waals surface area contributed by atoms with Crippen molar-refractivity contribution in [3.63, 3.8) is 0 Å². The van der Waals surface area contributed by atoms with E-state index in [9.17, 15) is 0 Å². The molecule has 0 N–H and O–H groups in total. The molecule has 0 bridgehead atoms. The lowest BCUT2D eigenvalue weighted by Crippen LogP contribution is -1.87. The molecule has 0 atom stereocenters. The van der Waals surface area contributed by atoms with E-state index in [1.165, 1.54) is 0 Å². The third-order valence-electron chi connectivity index (χ3n) is 1.39. The van der Waals surface area contributed by atoms with Crippen molar-refractivity contribution < 1.29 is 0 Å². The van der Waals surface area contributed by atoms with Crippen LogP contribution in [-0.2, 0) is 0 Å². The average Bonchev–Trinajstić information content (AvgIpc) is 2.27. The molecule has 0 aliphatic carbocycles. The summed E-state index contributed by atoms with van der Waals surface area (Å²) >= 11 is 9.03. The van der Waals surface area contributed by atoms with Gasteiger partial charge in [-0.3, -0.25) is 0 Å². The lowest BCUT2D eigenvalue weighted by molar-refractivity contribution is 0.940. The molecule has 0 saturated carbocycles. The van der Waals surface area contributed by atoms with Crippen LogP contribution in [0.2, 0.25) is 5.15 Å². The van der Waals surface area contributed by atoms with Crippen LogP contribution < -0.4 is 0 Å². The lowest BCUT2D eigenvalue weighted by atomic mass is 10.5. The smallest absolute Gasteiger partial charge is 0.150 e. The van der Waals surface area contributed by atoms with Gasteiger partial charge < -0.3 is 0 Å². The van der Waals surface area contributed by atoms with Gasteiger partial charge in [0.25, 0.3) is 0 Å². The van der Waals surface area contributed by atoms with Gasteiger partial charge >= 0.3 is 0 Å². The third kappa shape index (κ3) is 1.26. The molecule has 0 amide bonds. The quantitative estimate of drug-likeness (QED) is 0.681. The van der Waals surface area contributed by atoms with Gasteiger partial charge in [0, 0.05) is 10.7 Å². The highest BCUT2D eigenvalue weighted by molar-refractivity contribution is 9.10. The molecular weight excluding hydrogens is 227 g/mol. The van der Waals surface area contributed by atoms with Crippen molar-refractivity contribution in [1.29, 1.82) is 0 Å². The van der Waals surface area contributed by atoms with E-state index >= 15 is 0 Å². The molecule has 0 spiro atoms. The van der Waals surface area contributed by atoms with E-state index in [-0.39, 0.29) is 0 Å². The molecule has 2 heterocycles. The molecule has 2 rings (SSSR count). The summed E-state index contributed by atoms with van der Waals surface area (Å²) in [6.45, 7) is 0. The van der Waals surface area contributed by atoms with E-state index in [4.69, 9.17) is 11.6 Å². The number of aromatic nitrogens is 2. The van der Waals surface area contributed by atoms with Crippen LogP contribution in [0.4, 0.5) is 0 Å². The van der Waals surface area contributed by atoms with E-state index in [0.29, 0.717) is 5.15 Å². The van der Waals surface area contributed by atoms with E-state index in [1.807, 2.05) is 18.3 Å². The van der Waals surface area contributed by atoms with Gasteiger partial charge in [-0.2, -0.15) is 5.10 Å². The summed E-state index contributed by atoms with van der Waals surface area (Å²) in [6, 6.07) is 5.66. The standard InChI is InChI=1S/C7H4BrClN2/c8-5-3-6-1-2-7(9)10-11(6)4-5/h1-4H. The predicted molar refractivity (Wildman–Crippen MR) is 47.9 cm³/mol.